The third kappa shape index (κ3) is 17.6. The minimum Gasteiger partial charge on any atom is -0.285 e. The predicted octanol–water partition coefficient (Wildman–Crippen LogP) is 5.13. The first kappa shape index (κ1) is 19.7. The van der Waals surface area contributed by atoms with Gasteiger partial charge in [-0.2, -0.15) is 8.42 Å². The third-order valence-electron chi connectivity index (χ3n) is 3.45. The van der Waals surface area contributed by atoms with Crippen LogP contribution in [0.3, 0.4) is 0 Å². The van der Waals surface area contributed by atoms with Crippen molar-refractivity contribution in [1.29, 1.82) is 0 Å². The van der Waals surface area contributed by atoms with Crippen LogP contribution in [0.4, 0.5) is 0 Å². The van der Waals surface area contributed by atoms with Gasteiger partial charge >= 0.3 is 0 Å². The van der Waals surface area contributed by atoms with Crippen molar-refractivity contribution in [3.05, 3.63) is 12.2 Å². The number of unbranched alkanes of at least 4 members (excludes halogenated alkanes) is 11. The zero-order valence-electron chi connectivity index (χ0n) is 13.0. The molecule has 0 aliphatic carbocycles. The standard InChI is InChI=1S/C16H32O3S/c1-2-3-4-5-6-7-8-9-10-11-12-13-14-15-16-20(17,18)19/h14-15H,2-13,16H2,1H3,(H,17,18,19)/b15-14+. The van der Waals surface area contributed by atoms with Gasteiger partial charge in [0, 0.05) is 0 Å². The van der Waals surface area contributed by atoms with Crippen molar-refractivity contribution < 1.29 is 13.0 Å². The fourth-order valence-electron chi connectivity index (χ4n) is 2.23. The van der Waals surface area contributed by atoms with Crippen LogP contribution >= 0.6 is 0 Å². The van der Waals surface area contributed by atoms with Gasteiger partial charge in [0.2, 0.25) is 0 Å². The van der Waals surface area contributed by atoms with E-state index in [0.29, 0.717) is 0 Å². The first-order chi connectivity index (χ1) is 9.56. The normalized spacial score (nSPS) is 12.3. The van der Waals surface area contributed by atoms with Crippen molar-refractivity contribution >= 4 is 10.1 Å². The topological polar surface area (TPSA) is 54.4 Å². The average Bonchev–Trinajstić information content (AvgIpc) is 2.38. The number of hydrogen-bond acceptors (Lipinski definition) is 2. The lowest BCUT2D eigenvalue weighted by molar-refractivity contribution is 0.486. The molecule has 120 valence electrons. The summed E-state index contributed by atoms with van der Waals surface area (Å²) in [6.07, 6.45) is 18.8. The lowest BCUT2D eigenvalue weighted by Crippen LogP contribution is -1.99. The van der Waals surface area contributed by atoms with Gasteiger partial charge in [0.05, 0.1) is 5.75 Å². The van der Waals surface area contributed by atoms with E-state index in [-0.39, 0.29) is 5.75 Å². The molecule has 0 aliphatic heterocycles. The summed E-state index contributed by atoms with van der Waals surface area (Å²) in [5.41, 5.74) is 0. The number of hydrogen-bond donors (Lipinski definition) is 1. The van der Waals surface area contributed by atoms with E-state index in [0.717, 1.165) is 12.8 Å². The monoisotopic (exact) mass is 304 g/mol. The molecule has 0 amide bonds. The summed E-state index contributed by atoms with van der Waals surface area (Å²) >= 11 is 0. The lowest BCUT2D eigenvalue weighted by Gasteiger charge is -2.01. The molecule has 0 saturated heterocycles. The number of allylic oxidation sites excluding steroid dienone is 1. The summed E-state index contributed by atoms with van der Waals surface area (Å²) in [4.78, 5) is 0. The van der Waals surface area contributed by atoms with Crippen molar-refractivity contribution in [2.75, 3.05) is 5.75 Å². The molecule has 0 atom stereocenters. The van der Waals surface area contributed by atoms with E-state index in [1.54, 1.807) is 0 Å². The molecule has 0 bridgehead atoms. The highest BCUT2D eigenvalue weighted by Gasteiger charge is 1.98. The van der Waals surface area contributed by atoms with Crippen LogP contribution in [-0.2, 0) is 10.1 Å². The molecule has 0 aliphatic rings. The van der Waals surface area contributed by atoms with Crippen molar-refractivity contribution in [2.24, 2.45) is 0 Å². The largest absolute Gasteiger partial charge is 0.285 e. The third-order valence-corrected chi connectivity index (χ3v) is 4.06. The van der Waals surface area contributed by atoms with Crippen LogP contribution in [-0.4, -0.2) is 18.7 Å². The Morgan fingerprint density at radius 3 is 1.65 bits per heavy atom. The Kier molecular flexibility index (Phi) is 13.4. The van der Waals surface area contributed by atoms with Gasteiger partial charge in [0.15, 0.2) is 0 Å². The van der Waals surface area contributed by atoms with Crippen LogP contribution in [0.25, 0.3) is 0 Å². The van der Waals surface area contributed by atoms with E-state index in [1.807, 2.05) is 6.08 Å². The minimum absolute atomic E-state index is 0.259. The maximum absolute atomic E-state index is 10.5. The SMILES string of the molecule is CCCCCCCCCCCCC/C=C/CS(=O)(=O)O. The zero-order valence-corrected chi connectivity index (χ0v) is 13.8. The van der Waals surface area contributed by atoms with Crippen molar-refractivity contribution in [1.82, 2.24) is 0 Å². The fourth-order valence-corrected chi connectivity index (χ4v) is 2.61. The molecule has 1 N–H and O–H groups in total. The van der Waals surface area contributed by atoms with E-state index in [4.69, 9.17) is 4.55 Å². The highest BCUT2D eigenvalue weighted by Crippen LogP contribution is 2.11. The molecule has 20 heavy (non-hydrogen) atoms. The molecule has 0 aromatic carbocycles. The maximum atomic E-state index is 10.5. The highest BCUT2D eigenvalue weighted by molar-refractivity contribution is 7.85. The summed E-state index contributed by atoms with van der Waals surface area (Å²) in [5, 5.41) is 0. The molecule has 4 heteroatoms. The molecule has 0 aromatic rings. The van der Waals surface area contributed by atoms with E-state index in [9.17, 15) is 8.42 Å². The Morgan fingerprint density at radius 2 is 1.20 bits per heavy atom. The van der Waals surface area contributed by atoms with Gasteiger partial charge in [0.1, 0.15) is 0 Å². The van der Waals surface area contributed by atoms with Gasteiger partial charge in [-0.25, -0.2) is 0 Å². The van der Waals surface area contributed by atoms with Crippen molar-refractivity contribution in [3.63, 3.8) is 0 Å². The Morgan fingerprint density at radius 1 is 0.750 bits per heavy atom. The van der Waals surface area contributed by atoms with Crippen LogP contribution in [0, 0.1) is 0 Å². The smallest absolute Gasteiger partial charge is 0.268 e. The van der Waals surface area contributed by atoms with Gasteiger partial charge in [-0.3, -0.25) is 4.55 Å². The lowest BCUT2D eigenvalue weighted by atomic mass is 10.1. The first-order valence-electron chi connectivity index (χ1n) is 8.16. The van der Waals surface area contributed by atoms with Crippen LogP contribution in [0.1, 0.15) is 84.0 Å². The highest BCUT2D eigenvalue weighted by atomic mass is 32.2. The van der Waals surface area contributed by atoms with E-state index >= 15 is 0 Å². The Hall–Kier alpha value is -0.350. The van der Waals surface area contributed by atoms with Gasteiger partial charge in [-0.1, -0.05) is 83.3 Å². The molecule has 0 aromatic heterocycles. The fraction of sp³-hybridized carbons (Fsp3) is 0.875. The molecule has 3 nitrogen and oxygen atoms in total. The number of rotatable bonds is 14. The van der Waals surface area contributed by atoms with Crippen molar-refractivity contribution in [3.8, 4) is 0 Å². The molecule has 0 spiro atoms. The summed E-state index contributed by atoms with van der Waals surface area (Å²) in [5.74, 6) is -0.259. The molecular formula is C16H32O3S. The summed E-state index contributed by atoms with van der Waals surface area (Å²) in [7, 11) is -3.83. The van der Waals surface area contributed by atoms with Crippen LogP contribution < -0.4 is 0 Å². The second-order valence-electron chi connectivity index (χ2n) is 5.54. The van der Waals surface area contributed by atoms with Gasteiger partial charge in [-0.15, -0.1) is 0 Å². The van der Waals surface area contributed by atoms with Crippen LogP contribution in [0.15, 0.2) is 12.2 Å². The second kappa shape index (κ2) is 13.6. The van der Waals surface area contributed by atoms with Gasteiger partial charge in [0.25, 0.3) is 10.1 Å². The van der Waals surface area contributed by atoms with E-state index in [2.05, 4.69) is 6.92 Å². The summed E-state index contributed by atoms with van der Waals surface area (Å²) in [6, 6.07) is 0. The Bertz CT molecular complexity index is 321. The molecular weight excluding hydrogens is 272 g/mol. The molecule has 0 fully saturated rings. The Balaban J connectivity index is 3.13. The predicted molar refractivity (Wildman–Crippen MR) is 86.6 cm³/mol. The minimum atomic E-state index is -3.83. The van der Waals surface area contributed by atoms with Crippen molar-refractivity contribution in [2.45, 2.75) is 84.0 Å². The second-order valence-corrected chi connectivity index (χ2v) is 7.04. The maximum Gasteiger partial charge on any atom is 0.268 e. The van der Waals surface area contributed by atoms with E-state index < -0.39 is 10.1 Å². The molecule has 0 saturated carbocycles. The average molecular weight is 304 g/mol. The first-order valence-corrected chi connectivity index (χ1v) is 9.77. The zero-order chi connectivity index (χ0) is 15.1. The van der Waals surface area contributed by atoms with Crippen LogP contribution in [0.5, 0.6) is 0 Å². The van der Waals surface area contributed by atoms with Crippen LogP contribution in [0.2, 0.25) is 0 Å². The molecule has 0 radical (unpaired) electrons. The Labute approximate surface area is 125 Å². The quantitative estimate of drug-likeness (QED) is 0.275. The summed E-state index contributed by atoms with van der Waals surface area (Å²) in [6.45, 7) is 2.25. The molecule has 0 heterocycles. The van der Waals surface area contributed by atoms with Gasteiger partial charge in [-0.05, 0) is 12.8 Å². The molecule has 0 unspecified atom stereocenters. The van der Waals surface area contributed by atoms with Gasteiger partial charge < -0.3 is 0 Å². The molecule has 0 rings (SSSR count). The summed E-state index contributed by atoms with van der Waals surface area (Å²) < 4.78 is 29.4. The van der Waals surface area contributed by atoms with E-state index in [1.165, 1.54) is 70.3 Å².